The summed E-state index contributed by atoms with van der Waals surface area (Å²) < 4.78 is 33.8. The Morgan fingerprint density at radius 2 is 1.77 bits per heavy atom. The smallest absolute Gasteiger partial charge is 0.287 e. The molecule has 1 saturated carbocycles. The normalized spacial score (nSPS) is 26.0. The number of fused-ring (bicyclic) bond motifs is 1. The zero-order chi connectivity index (χ0) is 22.2. The number of hydrogen-bond donors (Lipinski definition) is 1. The minimum atomic E-state index is -3.55. The number of furan rings is 1. The van der Waals surface area contributed by atoms with Crippen LogP contribution in [-0.2, 0) is 10.0 Å². The summed E-state index contributed by atoms with van der Waals surface area (Å²) in [7, 11) is -3.55. The number of sulfonamides is 1. The quantitative estimate of drug-likeness (QED) is 0.727. The maximum Gasteiger partial charge on any atom is 0.287 e. The van der Waals surface area contributed by atoms with Gasteiger partial charge in [0.15, 0.2) is 5.76 Å². The van der Waals surface area contributed by atoms with Crippen LogP contribution in [0.15, 0.2) is 27.5 Å². The third-order valence-corrected chi connectivity index (χ3v) is 9.23. The molecule has 2 aliphatic rings. The largest absolute Gasteiger partial charge is 0.451 e. The van der Waals surface area contributed by atoms with Gasteiger partial charge in [0.1, 0.15) is 5.58 Å². The number of carbonyl (C=O) groups excluding carboxylic acids is 1. The van der Waals surface area contributed by atoms with E-state index in [0.717, 1.165) is 38.5 Å². The summed E-state index contributed by atoms with van der Waals surface area (Å²) in [6.45, 7) is 7.39. The molecule has 0 radical (unpaired) electrons. The average molecular weight is 447 g/mol. The number of benzene rings is 1. The van der Waals surface area contributed by atoms with Crippen molar-refractivity contribution in [3.63, 3.8) is 0 Å². The van der Waals surface area contributed by atoms with Crippen molar-refractivity contribution in [2.45, 2.75) is 76.7 Å². The summed E-state index contributed by atoms with van der Waals surface area (Å²) in [5, 5.41) is 3.85. The van der Waals surface area contributed by atoms with Gasteiger partial charge in [0, 0.05) is 30.1 Å². The van der Waals surface area contributed by atoms with Gasteiger partial charge in [0.2, 0.25) is 10.0 Å². The van der Waals surface area contributed by atoms with Gasteiger partial charge < -0.3 is 9.73 Å². The van der Waals surface area contributed by atoms with Gasteiger partial charge >= 0.3 is 0 Å². The van der Waals surface area contributed by atoms with Gasteiger partial charge in [-0.2, -0.15) is 4.31 Å². The van der Waals surface area contributed by atoms with Crippen molar-refractivity contribution >= 4 is 26.9 Å². The first-order valence-corrected chi connectivity index (χ1v) is 13.1. The van der Waals surface area contributed by atoms with E-state index in [4.69, 9.17) is 4.42 Å². The van der Waals surface area contributed by atoms with Crippen LogP contribution in [0.5, 0.6) is 0 Å². The van der Waals surface area contributed by atoms with E-state index in [1.807, 2.05) is 6.92 Å². The zero-order valence-electron chi connectivity index (χ0n) is 18.8. The van der Waals surface area contributed by atoms with E-state index in [1.54, 1.807) is 22.5 Å². The van der Waals surface area contributed by atoms with E-state index in [0.29, 0.717) is 41.5 Å². The van der Waals surface area contributed by atoms with E-state index >= 15 is 0 Å². The van der Waals surface area contributed by atoms with Gasteiger partial charge in [0.05, 0.1) is 4.90 Å². The third-order valence-electron chi connectivity index (χ3n) is 7.34. The van der Waals surface area contributed by atoms with E-state index in [2.05, 4.69) is 19.2 Å². The highest BCUT2D eigenvalue weighted by Gasteiger charge is 2.31. The minimum Gasteiger partial charge on any atom is -0.451 e. The molecule has 2 fully saturated rings. The van der Waals surface area contributed by atoms with E-state index in [9.17, 15) is 13.2 Å². The summed E-state index contributed by atoms with van der Waals surface area (Å²) in [6.07, 6.45) is 7.24. The zero-order valence-corrected chi connectivity index (χ0v) is 19.6. The summed E-state index contributed by atoms with van der Waals surface area (Å²) in [5.74, 6) is 1.08. The molecule has 1 N–H and O–H groups in total. The fourth-order valence-corrected chi connectivity index (χ4v) is 6.57. The fraction of sp³-hybridized carbons (Fsp3) is 0.625. The topological polar surface area (TPSA) is 79.6 Å². The Hall–Kier alpha value is -1.86. The second-order valence-corrected chi connectivity index (χ2v) is 11.3. The third kappa shape index (κ3) is 4.40. The molecule has 0 spiro atoms. The first-order valence-electron chi connectivity index (χ1n) is 11.6. The predicted octanol–water partition coefficient (Wildman–Crippen LogP) is 4.86. The molecule has 3 atom stereocenters. The maximum absolute atomic E-state index is 13.2. The molecular formula is C24H34N2O4S. The second-order valence-electron chi connectivity index (χ2n) is 9.38. The molecule has 0 bridgehead atoms. The Morgan fingerprint density at radius 1 is 1.06 bits per heavy atom. The summed E-state index contributed by atoms with van der Waals surface area (Å²) in [6, 6.07) is 5.08. The van der Waals surface area contributed by atoms with Crippen molar-refractivity contribution in [3.8, 4) is 0 Å². The summed E-state index contributed by atoms with van der Waals surface area (Å²) >= 11 is 0. The number of aryl methyl sites for hydroxylation is 1. The van der Waals surface area contributed by atoms with Gasteiger partial charge in [-0.3, -0.25) is 4.79 Å². The molecule has 4 rings (SSSR count). The van der Waals surface area contributed by atoms with Crippen LogP contribution in [-0.4, -0.2) is 37.8 Å². The fourth-order valence-electron chi connectivity index (χ4n) is 5.03. The van der Waals surface area contributed by atoms with Gasteiger partial charge in [0.25, 0.3) is 5.91 Å². The lowest BCUT2D eigenvalue weighted by atomic mass is 9.78. The number of rotatable bonds is 4. The first kappa shape index (κ1) is 22.3. The van der Waals surface area contributed by atoms with Crippen molar-refractivity contribution in [3.05, 3.63) is 29.5 Å². The standard InChI is InChI=1S/C24H34N2O4S/c1-16-9-8-10-21(17(16)2)25-24(27)23-18(3)20-15-19(11-12-22(20)30-23)31(28,29)26-13-6-4-5-7-14-26/h11-12,15-17,21H,4-10,13-14H2,1-3H3,(H,25,27)/t16-,17-,21-/m1/s1. The van der Waals surface area contributed by atoms with Crippen molar-refractivity contribution in [2.75, 3.05) is 13.1 Å². The minimum absolute atomic E-state index is 0.142. The molecule has 1 aromatic heterocycles. The highest BCUT2D eigenvalue weighted by Crippen LogP contribution is 2.32. The Balaban J connectivity index is 1.60. The Kier molecular flexibility index (Phi) is 6.44. The molecule has 1 amide bonds. The van der Waals surface area contributed by atoms with Crippen LogP contribution in [0.4, 0.5) is 0 Å². The van der Waals surface area contributed by atoms with Crippen LogP contribution >= 0.6 is 0 Å². The molecule has 1 aromatic carbocycles. The second kappa shape index (κ2) is 8.94. The molecule has 170 valence electrons. The SMILES string of the molecule is Cc1c(C(=O)N[C@@H]2CCC[C@@H](C)[C@H]2C)oc2ccc(S(=O)(=O)N3CCCCCC3)cc12. The molecule has 31 heavy (non-hydrogen) atoms. The van der Waals surface area contributed by atoms with Gasteiger partial charge in [-0.1, -0.05) is 39.5 Å². The molecular weight excluding hydrogens is 412 g/mol. The number of nitrogens with one attached hydrogen (secondary N) is 1. The van der Waals surface area contributed by atoms with Crippen LogP contribution in [0.3, 0.4) is 0 Å². The molecule has 2 heterocycles. The van der Waals surface area contributed by atoms with Gasteiger partial charge in [-0.25, -0.2) is 8.42 Å². The van der Waals surface area contributed by atoms with Gasteiger partial charge in [-0.05, 0) is 56.2 Å². The van der Waals surface area contributed by atoms with Crippen molar-refractivity contribution < 1.29 is 17.6 Å². The number of amides is 1. The van der Waals surface area contributed by atoms with E-state index in [1.165, 1.54) is 6.42 Å². The van der Waals surface area contributed by atoms with Crippen LogP contribution in [0.2, 0.25) is 0 Å². The Labute approximate surface area is 185 Å². The van der Waals surface area contributed by atoms with E-state index in [-0.39, 0.29) is 22.6 Å². The summed E-state index contributed by atoms with van der Waals surface area (Å²) in [5.41, 5.74) is 1.24. The van der Waals surface area contributed by atoms with Crippen LogP contribution in [0.1, 0.15) is 74.9 Å². The predicted molar refractivity (Wildman–Crippen MR) is 122 cm³/mol. The Morgan fingerprint density at radius 3 is 2.48 bits per heavy atom. The van der Waals surface area contributed by atoms with Crippen molar-refractivity contribution in [1.29, 1.82) is 0 Å². The molecule has 7 heteroatoms. The van der Waals surface area contributed by atoms with Gasteiger partial charge in [-0.15, -0.1) is 0 Å². The lowest BCUT2D eigenvalue weighted by molar-refractivity contribution is 0.0864. The van der Waals surface area contributed by atoms with Crippen molar-refractivity contribution in [2.24, 2.45) is 11.8 Å². The highest BCUT2D eigenvalue weighted by molar-refractivity contribution is 7.89. The molecule has 1 aliphatic heterocycles. The lowest BCUT2D eigenvalue weighted by Crippen LogP contribution is -2.43. The Bertz CT molecular complexity index is 1050. The lowest BCUT2D eigenvalue weighted by Gasteiger charge is -2.34. The molecule has 6 nitrogen and oxygen atoms in total. The molecule has 2 aromatic rings. The molecule has 1 saturated heterocycles. The first-order chi connectivity index (χ1) is 14.8. The average Bonchev–Trinajstić information content (AvgIpc) is 2.92. The number of carbonyl (C=O) groups is 1. The number of nitrogens with zero attached hydrogens (tertiary/aromatic N) is 1. The monoisotopic (exact) mass is 446 g/mol. The van der Waals surface area contributed by atoms with Crippen LogP contribution < -0.4 is 5.32 Å². The van der Waals surface area contributed by atoms with Crippen LogP contribution in [0.25, 0.3) is 11.0 Å². The summed E-state index contributed by atoms with van der Waals surface area (Å²) in [4.78, 5) is 13.3. The van der Waals surface area contributed by atoms with Crippen molar-refractivity contribution in [1.82, 2.24) is 9.62 Å². The maximum atomic E-state index is 13.2. The molecule has 0 unspecified atom stereocenters. The highest BCUT2D eigenvalue weighted by atomic mass is 32.2. The number of hydrogen-bond acceptors (Lipinski definition) is 4. The van der Waals surface area contributed by atoms with E-state index < -0.39 is 10.0 Å². The van der Waals surface area contributed by atoms with Crippen LogP contribution in [0, 0.1) is 18.8 Å². The molecule has 1 aliphatic carbocycles.